The van der Waals surface area contributed by atoms with Gasteiger partial charge in [0.2, 0.25) is 0 Å². The molecule has 0 aromatic heterocycles. The molecule has 0 spiro atoms. The number of piperidine rings is 1. The van der Waals surface area contributed by atoms with Crippen LogP contribution in [0.2, 0.25) is 0 Å². The maximum atomic E-state index is 12.1. The summed E-state index contributed by atoms with van der Waals surface area (Å²) in [5.74, 6) is 0.0192. The van der Waals surface area contributed by atoms with Gasteiger partial charge in [-0.1, -0.05) is 12.1 Å². The van der Waals surface area contributed by atoms with Gasteiger partial charge >= 0.3 is 0 Å². The number of hydrogen-bond donors (Lipinski definition) is 0. The van der Waals surface area contributed by atoms with E-state index in [9.17, 15) is 4.79 Å². The van der Waals surface area contributed by atoms with E-state index in [-0.39, 0.29) is 5.91 Å². The van der Waals surface area contributed by atoms with Crippen molar-refractivity contribution in [2.75, 3.05) is 32.1 Å². The Labute approximate surface area is 135 Å². The average molecular weight is 315 g/mol. The van der Waals surface area contributed by atoms with Gasteiger partial charge in [-0.2, -0.15) is 0 Å². The van der Waals surface area contributed by atoms with Gasteiger partial charge in [0.25, 0.3) is 5.91 Å². The van der Waals surface area contributed by atoms with Gasteiger partial charge in [-0.15, -0.1) is 0 Å². The summed E-state index contributed by atoms with van der Waals surface area (Å²) in [5, 5.41) is 0.751. The molecule has 2 heterocycles. The highest BCUT2D eigenvalue weighted by atomic mass is 32.2. The number of amides is 1. The van der Waals surface area contributed by atoms with Crippen LogP contribution in [0.3, 0.4) is 0 Å². The Kier molecular flexibility index (Phi) is 4.52. The van der Waals surface area contributed by atoms with E-state index in [1.165, 1.54) is 36.7 Å². The number of hydrogen-bond acceptors (Lipinski definition) is 4. The molecule has 1 aromatic rings. The number of aliphatic imine (C=N–C) groups is 1. The van der Waals surface area contributed by atoms with Crippen molar-refractivity contribution in [2.24, 2.45) is 4.99 Å². The van der Waals surface area contributed by atoms with Crippen LogP contribution in [0.25, 0.3) is 6.08 Å². The zero-order chi connectivity index (χ0) is 15.5. The topological polar surface area (TPSA) is 35.9 Å². The lowest BCUT2D eigenvalue weighted by Gasteiger charge is -2.28. The summed E-state index contributed by atoms with van der Waals surface area (Å²) >= 11 is 1.43. The lowest BCUT2D eigenvalue weighted by atomic mass is 10.1. The fourth-order valence-electron chi connectivity index (χ4n) is 2.83. The highest BCUT2D eigenvalue weighted by Crippen LogP contribution is 2.31. The molecule has 2 saturated heterocycles. The fraction of sp³-hybridized carbons (Fsp3) is 0.412. The number of thioether (sulfide) groups is 1. The summed E-state index contributed by atoms with van der Waals surface area (Å²) in [6, 6.07) is 8.48. The molecule has 0 atom stereocenters. The van der Waals surface area contributed by atoms with Crippen LogP contribution in [-0.4, -0.2) is 43.2 Å². The van der Waals surface area contributed by atoms with Crippen LogP contribution in [0.15, 0.2) is 34.2 Å². The molecular formula is C17H21N3OS. The minimum absolute atomic E-state index is 0.0192. The predicted octanol–water partition coefficient (Wildman–Crippen LogP) is 3.21. The molecule has 22 heavy (non-hydrogen) atoms. The molecule has 3 rings (SSSR count). The molecule has 0 N–H and O–H groups in total. The van der Waals surface area contributed by atoms with Gasteiger partial charge in [-0.25, -0.2) is 0 Å². The first-order valence-electron chi connectivity index (χ1n) is 7.68. The van der Waals surface area contributed by atoms with Crippen LogP contribution >= 0.6 is 11.8 Å². The van der Waals surface area contributed by atoms with Gasteiger partial charge in [0.05, 0.1) is 4.91 Å². The molecule has 0 unspecified atom stereocenters. The first-order chi connectivity index (χ1) is 10.7. The van der Waals surface area contributed by atoms with Crippen molar-refractivity contribution in [1.82, 2.24) is 4.90 Å². The van der Waals surface area contributed by atoms with E-state index >= 15 is 0 Å². The second kappa shape index (κ2) is 6.57. The van der Waals surface area contributed by atoms with Gasteiger partial charge in [0, 0.05) is 32.9 Å². The van der Waals surface area contributed by atoms with Crippen molar-refractivity contribution in [3.63, 3.8) is 0 Å². The molecule has 4 nitrogen and oxygen atoms in total. The largest absolute Gasteiger partial charge is 0.372 e. The quantitative estimate of drug-likeness (QED) is 0.786. The van der Waals surface area contributed by atoms with Crippen LogP contribution in [-0.2, 0) is 4.79 Å². The van der Waals surface area contributed by atoms with Crippen LogP contribution in [0, 0.1) is 0 Å². The second-order valence-corrected chi connectivity index (χ2v) is 6.63. The van der Waals surface area contributed by atoms with Crippen molar-refractivity contribution in [2.45, 2.75) is 19.3 Å². The number of carbonyl (C=O) groups is 1. The minimum Gasteiger partial charge on any atom is -0.372 e. The SMILES string of the molecule is CN=C1S/C(=C\c2ccc(N3CCCCC3)cc2)C(=O)N1C. The average Bonchev–Trinajstić information content (AvgIpc) is 2.84. The third-order valence-electron chi connectivity index (χ3n) is 4.11. The molecule has 0 aliphatic carbocycles. The molecule has 2 aliphatic heterocycles. The van der Waals surface area contributed by atoms with Crippen molar-refractivity contribution >= 4 is 34.6 Å². The van der Waals surface area contributed by atoms with Crippen LogP contribution < -0.4 is 4.90 Å². The first-order valence-corrected chi connectivity index (χ1v) is 8.50. The van der Waals surface area contributed by atoms with Gasteiger partial charge < -0.3 is 4.90 Å². The highest BCUT2D eigenvalue weighted by molar-refractivity contribution is 8.18. The zero-order valence-corrected chi connectivity index (χ0v) is 13.9. The minimum atomic E-state index is 0.0192. The monoisotopic (exact) mass is 315 g/mol. The number of amidine groups is 1. The zero-order valence-electron chi connectivity index (χ0n) is 13.1. The first kappa shape index (κ1) is 15.2. The number of likely N-dealkylation sites (N-methyl/N-ethyl adjacent to an activating group) is 1. The van der Waals surface area contributed by atoms with Gasteiger partial charge in [0.1, 0.15) is 0 Å². The predicted molar refractivity (Wildman–Crippen MR) is 94.2 cm³/mol. The maximum Gasteiger partial charge on any atom is 0.266 e. The third kappa shape index (κ3) is 3.04. The Bertz CT molecular complexity index is 615. The second-order valence-electron chi connectivity index (χ2n) is 5.62. The highest BCUT2D eigenvalue weighted by Gasteiger charge is 2.29. The number of benzene rings is 1. The summed E-state index contributed by atoms with van der Waals surface area (Å²) in [5.41, 5.74) is 2.34. The van der Waals surface area contributed by atoms with Crippen LogP contribution in [0.5, 0.6) is 0 Å². The molecule has 5 heteroatoms. The van der Waals surface area contributed by atoms with Gasteiger partial charge in [0.15, 0.2) is 5.17 Å². The lowest BCUT2D eigenvalue weighted by molar-refractivity contribution is -0.121. The summed E-state index contributed by atoms with van der Waals surface area (Å²) < 4.78 is 0. The van der Waals surface area contributed by atoms with Crippen molar-refractivity contribution in [3.05, 3.63) is 34.7 Å². The van der Waals surface area contributed by atoms with E-state index in [0.717, 1.165) is 28.7 Å². The van der Waals surface area contributed by atoms with E-state index in [0.29, 0.717) is 0 Å². The van der Waals surface area contributed by atoms with E-state index in [2.05, 4.69) is 34.2 Å². The number of carbonyl (C=O) groups excluding carboxylic acids is 1. The molecule has 1 aromatic carbocycles. The smallest absolute Gasteiger partial charge is 0.266 e. The van der Waals surface area contributed by atoms with Gasteiger partial charge in [-0.3, -0.25) is 14.7 Å². The molecule has 0 saturated carbocycles. The summed E-state index contributed by atoms with van der Waals surface area (Å²) in [6.07, 6.45) is 5.85. The third-order valence-corrected chi connectivity index (χ3v) is 5.26. The molecule has 1 amide bonds. The Hall–Kier alpha value is -1.75. The molecule has 116 valence electrons. The number of anilines is 1. The van der Waals surface area contributed by atoms with Crippen molar-refractivity contribution in [1.29, 1.82) is 0 Å². The van der Waals surface area contributed by atoms with E-state index in [1.807, 2.05) is 6.08 Å². The van der Waals surface area contributed by atoms with E-state index < -0.39 is 0 Å². The molecule has 0 bridgehead atoms. The lowest BCUT2D eigenvalue weighted by Crippen LogP contribution is -2.29. The van der Waals surface area contributed by atoms with E-state index in [1.54, 1.807) is 19.0 Å². The Morgan fingerprint density at radius 1 is 1.14 bits per heavy atom. The van der Waals surface area contributed by atoms with Gasteiger partial charge in [-0.05, 0) is 54.8 Å². The molecule has 2 fully saturated rings. The van der Waals surface area contributed by atoms with E-state index in [4.69, 9.17) is 0 Å². The maximum absolute atomic E-state index is 12.1. The fourth-order valence-corrected chi connectivity index (χ4v) is 3.76. The standard InChI is InChI=1S/C17H21N3OS/c1-18-17-19(2)16(21)15(22-17)12-13-6-8-14(9-7-13)20-10-4-3-5-11-20/h6-9,12H,3-5,10-11H2,1-2H3/b15-12-,18-17?. The van der Waals surface area contributed by atoms with Crippen molar-refractivity contribution in [3.8, 4) is 0 Å². The Balaban J connectivity index is 1.76. The number of rotatable bonds is 2. The summed E-state index contributed by atoms with van der Waals surface area (Å²) in [7, 11) is 3.47. The normalized spacial score (nSPS) is 22.9. The molecule has 0 radical (unpaired) electrons. The van der Waals surface area contributed by atoms with Crippen LogP contribution in [0.4, 0.5) is 5.69 Å². The Morgan fingerprint density at radius 2 is 1.82 bits per heavy atom. The molecular weight excluding hydrogens is 294 g/mol. The molecule has 2 aliphatic rings. The van der Waals surface area contributed by atoms with Crippen molar-refractivity contribution < 1.29 is 4.79 Å². The van der Waals surface area contributed by atoms with Crippen LogP contribution in [0.1, 0.15) is 24.8 Å². The number of nitrogens with zero attached hydrogens (tertiary/aromatic N) is 3. The summed E-state index contributed by atoms with van der Waals surface area (Å²) in [4.78, 5) is 21.0. The Morgan fingerprint density at radius 3 is 2.41 bits per heavy atom. The summed E-state index contributed by atoms with van der Waals surface area (Å²) in [6.45, 7) is 2.30.